The molecule has 3 heterocycles. The number of nitrogens with zero attached hydrogens (tertiary/aromatic N) is 6. The van der Waals surface area contributed by atoms with Crippen molar-refractivity contribution in [2.45, 2.75) is 0 Å². The van der Waals surface area contributed by atoms with E-state index in [1.54, 1.807) is 23.1 Å². The molecule has 2 aromatic heterocycles. The van der Waals surface area contributed by atoms with Crippen LogP contribution in [0, 0.1) is 11.6 Å². The lowest BCUT2D eigenvalue weighted by Gasteiger charge is -2.27. The maximum absolute atomic E-state index is 14.1. The fraction of sp³-hybridized carbons (Fsp3) is 0.250. The Bertz CT molecular complexity index is 1160. The molecule has 1 aliphatic rings. The molecule has 4 rings (SSSR count). The summed E-state index contributed by atoms with van der Waals surface area (Å²) < 4.78 is 44.1. The Kier molecular flexibility index (Phi) is 7.05. The number of anilines is 2. The molecular weight excluding hydrogens is 460 g/mol. The van der Waals surface area contributed by atoms with E-state index in [-0.39, 0.29) is 28.7 Å². The average molecular weight is 478 g/mol. The summed E-state index contributed by atoms with van der Waals surface area (Å²) in [5.74, 6) is -0.842. The lowest BCUT2D eigenvalue weighted by Crippen LogP contribution is -2.37. The zero-order valence-corrected chi connectivity index (χ0v) is 18.1. The quantitative estimate of drug-likeness (QED) is 0.311. The third kappa shape index (κ3) is 5.59. The van der Waals surface area contributed by atoms with E-state index in [4.69, 9.17) is 25.8 Å². The minimum Gasteiger partial charge on any atom is -0.493 e. The van der Waals surface area contributed by atoms with Crippen molar-refractivity contribution >= 4 is 29.6 Å². The zero-order valence-electron chi connectivity index (χ0n) is 17.3. The molecule has 13 heteroatoms. The van der Waals surface area contributed by atoms with Crippen LogP contribution in [0.1, 0.15) is 5.56 Å². The summed E-state index contributed by atoms with van der Waals surface area (Å²) in [6.07, 6.45) is 3.44. The first-order valence-electron chi connectivity index (χ1n) is 9.71. The molecule has 172 valence electrons. The van der Waals surface area contributed by atoms with Crippen LogP contribution in [-0.4, -0.2) is 59.6 Å². The highest BCUT2D eigenvalue weighted by Gasteiger charge is 2.18. The Morgan fingerprint density at radius 2 is 1.91 bits per heavy atom. The lowest BCUT2D eigenvalue weighted by molar-refractivity contribution is 0.122. The van der Waals surface area contributed by atoms with Crippen molar-refractivity contribution < 1.29 is 23.0 Å². The van der Waals surface area contributed by atoms with Gasteiger partial charge in [-0.3, -0.25) is 0 Å². The number of hydrogen-bond acceptors (Lipinski definition) is 10. The van der Waals surface area contributed by atoms with Gasteiger partial charge in [-0.1, -0.05) is 0 Å². The molecule has 0 unspecified atom stereocenters. The van der Waals surface area contributed by atoms with Crippen molar-refractivity contribution in [1.29, 1.82) is 0 Å². The van der Waals surface area contributed by atoms with Gasteiger partial charge in [-0.05, 0) is 35.4 Å². The highest BCUT2D eigenvalue weighted by atomic mass is 35.5. The van der Waals surface area contributed by atoms with Gasteiger partial charge in [0.05, 0.1) is 38.9 Å². The van der Waals surface area contributed by atoms with E-state index in [0.29, 0.717) is 37.6 Å². The summed E-state index contributed by atoms with van der Waals surface area (Å²) in [6.45, 7) is 2.06. The Morgan fingerprint density at radius 3 is 2.70 bits per heavy atom. The van der Waals surface area contributed by atoms with Crippen LogP contribution in [0.3, 0.4) is 0 Å². The molecule has 0 bridgehead atoms. The SMILES string of the molecule is COc1ccc(/C=N\Nc2ncc(F)c(N3CCOCC3)n2)cc1Oc1nc(Cl)ncc1F. The highest BCUT2D eigenvalue weighted by molar-refractivity contribution is 6.28. The first-order chi connectivity index (χ1) is 16.0. The largest absolute Gasteiger partial charge is 0.493 e. The van der Waals surface area contributed by atoms with Gasteiger partial charge in [0.15, 0.2) is 23.1 Å². The number of rotatable bonds is 7. The molecule has 33 heavy (non-hydrogen) atoms. The molecule has 1 aliphatic heterocycles. The van der Waals surface area contributed by atoms with E-state index >= 15 is 0 Å². The molecule has 1 fully saturated rings. The molecule has 1 aromatic carbocycles. The van der Waals surface area contributed by atoms with E-state index in [1.165, 1.54) is 13.3 Å². The molecule has 0 aliphatic carbocycles. The maximum atomic E-state index is 14.1. The summed E-state index contributed by atoms with van der Waals surface area (Å²) in [7, 11) is 1.44. The molecule has 1 N–H and O–H groups in total. The summed E-state index contributed by atoms with van der Waals surface area (Å²) in [5.41, 5.74) is 3.24. The molecular formula is C20H18ClF2N7O3. The maximum Gasteiger partial charge on any atom is 0.260 e. The summed E-state index contributed by atoms with van der Waals surface area (Å²) in [4.78, 5) is 17.1. The third-order valence-corrected chi connectivity index (χ3v) is 4.67. The molecule has 0 spiro atoms. The number of aromatic nitrogens is 4. The molecule has 0 saturated carbocycles. The van der Waals surface area contributed by atoms with Crippen LogP contribution in [-0.2, 0) is 4.74 Å². The minimum absolute atomic E-state index is 0.122. The number of morpholine rings is 1. The van der Waals surface area contributed by atoms with Crippen LogP contribution < -0.4 is 19.8 Å². The van der Waals surface area contributed by atoms with E-state index in [0.717, 1.165) is 12.4 Å². The molecule has 3 aromatic rings. The zero-order chi connectivity index (χ0) is 23.2. The van der Waals surface area contributed by atoms with Gasteiger partial charge in [-0.15, -0.1) is 0 Å². The number of ether oxygens (including phenoxy) is 3. The standard InChI is InChI=1S/C20H18ClF2N7O3/c1-31-15-3-2-12(8-16(15)33-18-14(23)11-24-19(21)28-18)9-26-29-20-25-10-13(22)17(27-20)30-4-6-32-7-5-30/h2-3,8-11H,4-7H2,1H3,(H,25,27,29)/b26-9-. The van der Waals surface area contributed by atoms with Gasteiger partial charge in [-0.25, -0.2) is 19.8 Å². The number of halogens is 3. The topological polar surface area (TPSA) is 107 Å². The van der Waals surface area contributed by atoms with Gasteiger partial charge < -0.3 is 19.1 Å². The van der Waals surface area contributed by atoms with Crippen LogP contribution in [0.5, 0.6) is 17.4 Å². The van der Waals surface area contributed by atoms with Crippen LogP contribution in [0.4, 0.5) is 20.5 Å². The molecule has 10 nitrogen and oxygen atoms in total. The Morgan fingerprint density at radius 1 is 1.12 bits per heavy atom. The number of hydrazone groups is 1. The minimum atomic E-state index is -0.785. The first kappa shape index (κ1) is 22.6. The average Bonchev–Trinajstić information content (AvgIpc) is 2.83. The van der Waals surface area contributed by atoms with Crippen molar-refractivity contribution in [3.63, 3.8) is 0 Å². The fourth-order valence-electron chi connectivity index (χ4n) is 2.93. The Labute approximate surface area is 192 Å². The van der Waals surface area contributed by atoms with Crippen molar-refractivity contribution in [3.05, 3.63) is 53.1 Å². The second-order valence-electron chi connectivity index (χ2n) is 6.64. The predicted octanol–water partition coefficient (Wildman–Crippen LogP) is 3.28. The smallest absolute Gasteiger partial charge is 0.260 e. The molecule has 0 amide bonds. The molecule has 0 radical (unpaired) electrons. The second-order valence-corrected chi connectivity index (χ2v) is 6.98. The fourth-order valence-corrected chi connectivity index (χ4v) is 3.06. The van der Waals surface area contributed by atoms with Gasteiger partial charge in [0, 0.05) is 13.1 Å². The predicted molar refractivity (Wildman–Crippen MR) is 116 cm³/mol. The van der Waals surface area contributed by atoms with E-state index in [9.17, 15) is 8.78 Å². The van der Waals surface area contributed by atoms with Crippen LogP contribution in [0.2, 0.25) is 5.28 Å². The normalized spacial score (nSPS) is 13.9. The lowest BCUT2D eigenvalue weighted by atomic mass is 10.2. The van der Waals surface area contributed by atoms with Gasteiger partial charge in [0.2, 0.25) is 17.0 Å². The summed E-state index contributed by atoms with van der Waals surface area (Å²) >= 11 is 5.71. The number of benzene rings is 1. The number of hydrogen-bond donors (Lipinski definition) is 1. The van der Waals surface area contributed by atoms with E-state index in [2.05, 4.69) is 30.5 Å². The number of methoxy groups -OCH3 is 1. The third-order valence-electron chi connectivity index (χ3n) is 4.49. The van der Waals surface area contributed by atoms with Gasteiger partial charge in [-0.2, -0.15) is 19.5 Å². The van der Waals surface area contributed by atoms with Gasteiger partial charge in [0.1, 0.15) is 0 Å². The monoisotopic (exact) mass is 477 g/mol. The van der Waals surface area contributed by atoms with Crippen LogP contribution in [0.25, 0.3) is 0 Å². The van der Waals surface area contributed by atoms with Crippen molar-refractivity contribution in [3.8, 4) is 17.4 Å². The second kappa shape index (κ2) is 10.3. The molecule has 1 saturated heterocycles. The van der Waals surface area contributed by atoms with E-state index in [1.807, 2.05) is 0 Å². The Hall–Kier alpha value is -3.64. The Balaban J connectivity index is 1.49. The summed E-state index contributed by atoms with van der Waals surface area (Å²) in [5, 5.41) is 3.92. The van der Waals surface area contributed by atoms with Crippen molar-refractivity contribution in [1.82, 2.24) is 19.9 Å². The number of nitrogens with one attached hydrogen (secondary N) is 1. The van der Waals surface area contributed by atoms with E-state index < -0.39 is 11.6 Å². The summed E-state index contributed by atoms with van der Waals surface area (Å²) in [6, 6.07) is 4.87. The van der Waals surface area contributed by atoms with Crippen LogP contribution >= 0.6 is 11.6 Å². The van der Waals surface area contributed by atoms with Gasteiger partial charge in [0.25, 0.3) is 5.88 Å². The van der Waals surface area contributed by atoms with Gasteiger partial charge >= 0.3 is 0 Å². The van der Waals surface area contributed by atoms with Crippen molar-refractivity contribution in [2.75, 3.05) is 43.7 Å². The molecule has 0 atom stereocenters. The highest BCUT2D eigenvalue weighted by Crippen LogP contribution is 2.32. The van der Waals surface area contributed by atoms with Crippen LogP contribution in [0.15, 0.2) is 35.7 Å². The first-order valence-corrected chi connectivity index (χ1v) is 10.1. The van der Waals surface area contributed by atoms with Crippen molar-refractivity contribution in [2.24, 2.45) is 5.10 Å².